The molecule has 0 aromatic heterocycles. The fraction of sp³-hybridized carbons (Fsp3) is 0.684. The number of nitrogens with one attached hydrogen (secondary N) is 1. The van der Waals surface area contributed by atoms with Crippen molar-refractivity contribution >= 4 is 0 Å². The number of hydrogen-bond acceptors (Lipinski definition) is 2. The van der Waals surface area contributed by atoms with E-state index in [1.165, 1.54) is 43.2 Å². The normalized spacial score (nSPS) is 25.4. The van der Waals surface area contributed by atoms with Gasteiger partial charge >= 0.3 is 0 Å². The zero-order chi connectivity index (χ0) is 14.9. The zero-order valence-electron chi connectivity index (χ0n) is 13.7. The fourth-order valence-corrected chi connectivity index (χ4v) is 3.78. The molecule has 1 aromatic carbocycles. The Hall–Kier alpha value is -0.860. The summed E-state index contributed by atoms with van der Waals surface area (Å²) in [6.45, 7) is 6.86. The van der Waals surface area contributed by atoms with Crippen LogP contribution in [-0.4, -0.2) is 20.3 Å². The molecule has 1 saturated carbocycles. The van der Waals surface area contributed by atoms with Gasteiger partial charge in [0.1, 0.15) is 0 Å². The van der Waals surface area contributed by atoms with Gasteiger partial charge in [-0.3, -0.25) is 0 Å². The van der Waals surface area contributed by atoms with Crippen molar-refractivity contribution in [3.8, 4) is 0 Å². The van der Waals surface area contributed by atoms with Crippen LogP contribution in [-0.2, 0) is 11.2 Å². The molecule has 0 bridgehead atoms. The standard InChI is InChI=1S/C19H29NO/c1-18(2)9-8-15-6-4-5-7-16(15)17(18)20-14-19(10-11-19)12-13-21-3/h4-7,17,20H,8-14H2,1-3H3. The molecule has 0 radical (unpaired) electrons. The minimum absolute atomic E-state index is 0.339. The summed E-state index contributed by atoms with van der Waals surface area (Å²) in [4.78, 5) is 0. The van der Waals surface area contributed by atoms with Crippen molar-refractivity contribution in [3.63, 3.8) is 0 Å². The van der Waals surface area contributed by atoms with Crippen LogP contribution in [0.1, 0.15) is 56.7 Å². The highest BCUT2D eigenvalue weighted by molar-refractivity contribution is 5.34. The smallest absolute Gasteiger partial charge is 0.0468 e. The van der Waals surface area contributed by atoms with Gasteiger partial charge in [-0.1, -0.05) is 38.1 Å². The molecule has 2 heteroatoms. The third-order valence-corrected chi connectivity index (χ3v) is 5.66. The maximum absolute atomic E-state index is 5.28. The molecular weight excluding hydrogens is 258 g/mol. The molecule has 116 valence electrons. The molecular formula is C19H29NO. The van der Waals surface area contributed by atoms with Crippen molar-refractivity contribution < 1.29 is 4.74 Å². The van der Waals surface area contributed by atoms with Gasteiger partial charge in [-0.2, -0.15) is 0 Å². The molecule has 1 fully saturated rings. The number of fused-ring (bicyclic) bond motifs is 1. The van der Waals surface area contributed by atoms with Crippen LogP contribution in [0, 0.1) is 10.8 Å². The van der Waals surface area contributed by atoms with Crippen LogP contribution in [0.3, 0.4) is 0 Å². The molecule has 1 unspecified atom stereocenters. The highest BCUT2D eigenvalue weighted by atomic mass is 16.5. The van der Waals surface area contributed by atoms with Crippen molar-refractivity contribution in [2.75, 3.05) is 20.3 Å². The average molecular weight is 287 g/mol. The number of methoxy groups -OCH3 is 1. The minimum atomic E-state index is 0.339. The minimum Gasteiger partial charge on any atom is -0.385 e. The predicted octanol–water partition coefficient (Wildman–Crippen LogP) is 4.11. The fourth-order valence-electron chi connectivity index (χ4n) is 3.78. The van der Waals surface area contributed by atoms with E-state index >= 15 is 0 Å². The summed E-state index contributed by atoms with van der Waals surface area (Å²) in [7, 11) is 1.81. The Morgan fingerprint density at radius 1 is 1.19 bits per heavy atom. The van der Waals surface area contributed by atoms with Crippen molar-refractivity contribution in [2.45, 2.75) is 52.0 Å². The lowest BCUT2D eigenvalue weighted by Gasteiger charge is -2.41. The van der Waals surface area contributed by atoms with E-state index in [0.29, 0.717) is 16.9 Å². The molecule has 2 aliphatic carbocycles. The Balaban J connectivity index is 1.71. The Morgan fingerprint density at radius 3 is 2.67 bits per heavy atom. The van der Waals surface area contributed by atoms with Crippen LogP contribution in [0.4, 0.5) is 0 Å². The van der Waals surface area contributed by atoms with Crippen LogP contribution >= 0.6 is 0 Å². The first-order valence-corrected chi connectivity index (χ1v) is 8.37. The van der Waals surface area contributed by atoms with Gasteiger partial charge in [-0.25, -0.2) is 0 Å². The molecule has 3 rings (SSSR count). The van der Waals surface area contributed by atoms with E-state index in [1.54, 1.807) is 0 Å². The third-order valence-electron chi connectivity index (χ3n) is 5.66. The van der Waals surface area contributed by atoms with Gasteiger partial charge < -0.3 is 10.1 Å². The van der Waals surface area contributed by atoms with Crippen LogP contribution in [0.5, 0.6) is 0 Å². The van der Waals surface area contributed by atoms with Crippen molar-refractivity contribution in [1.29, 1.82) is 0 Å². The van der Waals surface area contributed by atoms with Crippen LogP contribution in [0.2, 0.25) is 0 Å². The van der Waals surface area contributed by atoms with E-state index in [2.05, 4.69) is 43.4 Å². The number of rotatable bonds is 6. The molecule has 0 aliphatic heterocycles. The number of hydrogen-bond donors (Lipinski definition) is 1. The van der Waals surface area contributed by atoms with Gasteiger partial charge in [0.15, 0.2) is 0 Å². The number of aryl methyl sites for hydroxylation is 1. The van der Waals surface area contributed by atoms with E-state index in [0.717, 1.165) is 13.2 Å². The first-order chi connectivity index (χ1) is 10.1. The van der Waals surface area contributed by atoms with Gasteiger partial charge in [0.05, 0.1) is 0 Å². The summed E-state index contributed by atoms with van der Waals surface area (Å²) in [6, 6.07) is 9.48. The lowest BCUT2D eigenvalue weighted by molar-refractivity contribution is 0.159. The van der Waals surface area contributed by atoms with Crippen molar-refractivity contribution in [2.24, 2.45) is 10.8 Å². The second kappa shape index (κ2) is 5.73. The quantitative estimate of drug-likeness (QED) is 0.850. The molecule has 1 N–H and O–H groups in total. The predicted molar refractivity (Wildman–Crippen MR) is 87.4 cm³/mol. The summed E-state index contributed by atoms with van der Waals surface area (Å²) in [5.74, 6) is 0. The Kier molecular flexibility index (Phi) is 4.11. The number of ether oxygens (including phenoxy) is 1. The second-order valence-corrected chi connectivity index (χ2v) is 7.74. The molecule has 0 saturated heterocycles. The maximum Gasteiger partial charge on any atom is 0.0468 e. The van der Waals surface area contributed by atoms with Crippen LogP contribution in [0.15, 0.2) is 24.3 Å². The molecule has 2 aliphatic rings. The third kappa shape index (κ3) is 3.17. The first kappa shape index (κ1) is 15.1. The summed E-state index contributed by atoms with van der Waals surface area (Å²) in [5, 5.41) is 3.92. The monoisotopic (exact) mass is 287 g/mol. The Morgan fingerprint density at radius 2 is 1.95 bits per heavy atom. The summed E-state index contributed by atoms with van der Waals surface area (Å²) >= 11 is 0. The summed E-state index contributed by atoms with van der Waals surface area (Å²) < 4.78 is 5.28. The highest BCUT2D eigenvalue weighted by Crippen LogP contribution is 2.50. The molecule has 1 aromatic rings. The van der Waals surface area contributed by atoms with Crippen LogP contribution in [0.25, 0.3) is 0 Å². The van der Waals surface area contributed by atoms with E-state index in [4.69, 9.17) is 4.74 Å². The van der Waals surface area contributed by atoms with E-state index in [1.807, 2.05) is 7.11 Å². The van der Waals surface area contributed by atoms with Gasteiger partial charge in [0.2, 0.25) is 0 Å². The Bertz CT molecular complexity index is 490. The first-order valence-electron chi connectivity index (χ1n) is 8.37. The average Bonchev–Trinajstić information content (AvgIpc) is 3.24. The molecule has 1 atom stereocenters. The van der Waals surface area contributed by atoms with Gasteiger partial charge in [0, 0.05) is 26.3 Å². The Labute approximate surface area is 129 Å². The van der Waals surface area contributed by atoms with E-state index in [-0.39, 0.29) is 0 Å². The van der Waals surface area contributed by atoms with Crippen molar-refractivity contribution in [1.82, 2.24) is 5.32 Å². The largest absolute Gasteiger partial charge is 0.385 e. The second-order valence-electron chi connectivity index (χ2n) is 7.74. The SMILES string of the molecule is COCCC1(CNC2c3ccccc3CCC2(C)C)CC1. The van der Waals surface area contributed by atoms with E-state index in [9.17, 15) is 0 Å². The summed E-state index contributed by atoms with van der Waals surface area (Å²) in [5.41, 5.74) is 3.91. The van der Waals surface area contributed by atoms with Gasteiger partial charge in [-0.05, 0) is 54.1 Å². The maximum atomic E-state index is 5.28. The molecule has 0 amide bonds. The van der Waals surface area contributed by atoms with E-state index < -0.39 is 0 Å². The number of benzene rings is 1. The van der Waals surface area contributed by atoms with Crippen LogP contribution < -0.4 is 5.32 Å². The van der Waals surface area contributed by atoms with Gasteiger partial charge in [0.25, 0.3) is 0 Å². The molecule has 2 nitrogen and oxygen atoms in total. The van der Waals surface area contributed by atoms with Gasteiger partial charge in [-0.15, -0.1) is 0 Å². The lowest BCUT2D eigenvalue weighted by Crippen LogP contribution is -2.40. The molecule has 0 spiro atoms. The molecule has 0 heterocycles. The highest BCUT2D eigenvalue weighted by Gasteiger charge is 2.44. The summed E-state index contributed by atoms with van der Waals surface area (Å²) in [6.07, 6.45) is 6.41. The topological polar surface area (TPSA) is 21.3 Å². The zero-order valence-corrected chi connectivity index (χ0v) is 13.7. The van der Waals surface area contributed by atoms with Crippen molar-refractivity contribution in [3.05, 3.63) is 35.4 Å². The lowest BCUT2D eigenvalue weighted by atomic mass is 9.70. The molecule has 21 heavy (non-hydrogen) atoms.